The highest BCUT2D eigenvalue weighted by Crippen LogP contribution is 2.25. The second-order valence-corrected chi connectivity index (χ2v) is 8.64. The average Bonchev–Trinajstić information content (AvgIpc) is 2.55. The van der Waals surface area contributed by atoms with Crippen molar-refractivity contribution in [1.29, 1.82) is 0 Å². The Morgan fingerprint density at radius 1 is 1.17 bits per heavy atom. The van der Waals surface area contributed by atoms with Gasteiger partial charge in [0.1, 0.15) is 5.82 Å². The lowest BCUT2D eigenvalue weighted by Crippen LogP contribution is -2.54. The van der Waals surface area contributed by atoms with Crippen molar-refractivity contribution < 1.29 is 8.42 Å². The van der Waals surface area contributed by atoms with Crippen LogP contribution in [0.3, 0.4) is 0 Å². The van der Waals surface area contributed by atoms with Gasteiger partial charge in [0.25, 0.3) is 10.2 Å². The van der Waals surface area contributed by atoms with Gasteiger partial charge in [0.15, 0.2) is 0 Å². The molecule has 2 fully saturated rings. The topological polar surface area (TPSA) is 56.8 Å². The Kier molecular flexibility index (Phi) is 5.10. The van der Waals surface area contributed by atoms with E-state index < -0.39 is 10.2 Å². The summed E-state index contributed by atoms with van der Waals surface area (Å²) in [5.41, 5.74) is 0. The molecule has 0 radical (unpaired) electrons. The van der Waals surface area contributed by atoms with Crippen molar-refractivity contribution in [2.75, 3.05) is 44.2 Å². The number of hydrogen-bond donors (Lipinski definition) is 0. The van der Waals surface area contributed by atoms with Crippen LogP contribution in [0.5, 0.6) is 0 Å². The molecule has 1 aromatic rings. The van der Waals surface area contributed by atoms with Gasteiger partial charge in [-0.3, -0.25) is 0 Å². The van der Waals surface area contributed by atoms with E-state index in [-0.39, 0.29) is 0 Å². The maximum Gasteiger partial charge on any atom is 0.282 e. The monoisotopic (exact) mass is 358 g/mol. The number of nitrogens with zero attached hydrogens (tertiary/aromatic N) is 4. The molecule has 3 rings (SSSR count). The van der Waals surface area contributed by atoms with Crippen LogP contribution in [0.15, 0.2) is 18.3 Å². The first-order valence-corrected chi connectivity index (χ1v) is 9.86. The van der Waals surface area contributed by atoms with Crippen LogP contribution in [0, 0.1) is 5.92 Å². The van der Waals surface area contributed by atoms with Gasteiger partial charge in [0.05, 0.1) is 5.02 Å². The van der Waals surface area contributed by atoms with Crippen LogP contribution in [0.2, 0.25) is 5.02 Å². The molecule has 23 heavy (non-hydrogen) atoms. The molecule has 2 aliphatic rings. The predicted molar refractivity (Wildman–Crippen MR) is 91.9 cm³/mol. The second-order valence-electron chi connectivity index (χ2n) is 6.31. The number of rotatable bonds is 3. The number of pyridine rings is 1. The van der Waals surface area contributed by atoms with E-state index in [4.69, 9.17) is 11.6 Å². The fourth-order valence-corrected chi connectivity index (χ4v) is 5.25. The normalized spacial score (nSPS) is 24.8. The zero-order chi connectivity index (χ0) is 16.4. The molecule has 0 amide bonds. The fourth-order valence-electron chi connectivity index (χ4n) is 3.26. The molecule has 0 aromatic carbocycles. The smallest absolute Gasteiger partial charge is 0.282 e. The van der Waals surface area contributed by atoms with Gasteiger partial charge in [0.2, 0.25) is 0 Å². The van der Waals surface area contributed by atoms with Crippen molar-refractivity contribution in [2.24, 2.45) is 5.92 Å². The van der Waals surface area contributed by atoms with Gasteiger partial charge in [-0.25, -0.2) is 4.98 Å². The Hall–Kier alpha value is -0.890. The van der Waals surface area contributed by atoms with Crippen molar-refractivity contribution in [3.8, 4) is 0 Å². The van der Waals surface area contributed by atoms with Crippen LogP contribution < -0.4 is 4.90 Å². The summed E-state index contributed by atoms with van der Waals surface area (Å²) in [7, 11) is -3.35. The third kappa shape index (κ3) is 3.63. The highest BCUT2D eigenvalue weighted by molar-refractivity contribution is 7.86. The standard InChI is InChI=1S/C15H23ClN4O2S/c1-13-4-3-7-20(12-13)23(21,22)19-10-8-18(9-11-19)15-14(16)5-2-6-17-15/h2,5-6,13H,3-4,7-12H2,1H3. The number of aromatic nitrogens is 1. The van der Waals surface area contributed by atoms with E-state index >= 15 is 0 Å². The third-order valence-electron chi connectivity index (χ3n) is 4.55. The Labute approximate surface area is 143 Å². The summed E-state index contributed by atoms with van der Waals surface area (Å²) in [6.07, 6.45) is 3.77. The molecular formula is C15H23ClN4O2S. The number of piperazine rings is 1. The number of piperidine rings is 1. The van der Waals surface area contributed by atoms with Crippen molar-refractivity contribution in [1.82, 2.24) is 13.6 Å². The van der Waals surface area contributed by atoms with Gasteiger partial charge < -0.3 is 4.90 Å². The summed E-state index contributed by atoms with van der Waals surface area (Å²) in [6, 6.07) is 3.60. The molecule has 0 bridgehead atoms. The Morgan fingerprint density at radius 2 is 1.91 bits per heavy atom. The quantitative estimate of drug-likeness (QED) is 0.827. The molecule has 2 aliphatic heterocycles. The molecule has 8 heteroatoms. The summed E-state index contributed by atoms with van der Waals surface area (Å²) in [4.78, 5) is 6.35. The molecule has 1 unspecified atom stereocenters. The molecule has 1 aromatic heterocycles. The van der Waals surface area contributed by atoms with Gasteiger partial charge in [-0.15, -0.1) is 0 Å². The number of anilines is 1. The number of hydrogen-bond acceptors (Lipinski definition) is 4. The van der Waals surface area contributed by atoms with E-state index in [9.17, 15) is 8.42 Å². The minimum absolute atomic E-state index is 0.437. The molecule has 0 N–H and O–H groups in total. The van der Waals surface area contributed by atoms with Gasteiger partial charge in [-0.05, 0) is 30.9 Å². The lowest BCUT2D eigenvalue weighted by molar-refractivity contribution is 0.254. The van der Waals surface area contributed by atoms with E-state index in [0.717, 1.165) is 18.7 Å². The molecule has 128 valence electrons. The van der Waals surface area contributed by atoms with Gasteiger partial charge in [-0.1, -0.05) is 18.5 Å². The Morgan fingerprint density at radius 3 is 2.57 bits per heavy atom. The van der Waals surface area contributed by atoms with Gasteiger partial charge >= 0.3 is 0 Å². The van der Waals surface area contributed by atoms with Crippen LogP contribution >= 0.6 is 11.6 Å². The summed E-state index contributed by atoms with van der Waals surface area (Å²) < 4.78 is 28.8. The predicted octanol–water partition coefficient (Wildman–Crippen LogP) is 1.83. The molecular weight excluding hydrogens is 336 g/mol. The minimum Gasteiger partial charge on any atom is -0.353 e. The van der Waals surface area contributed by atoms with Crippen LogP contribution in [0.25, 0.3) is 0 Å². The van der Waals surface area contributed by atoms with Crippen molar-refractivity contribution >= 4 is 27.6 Å². The average molecular weight is 359 g/mol. The van der Waals surface area contributed by atoms with Crippen LogP contribution in [0.4, 0.5) is 5.82 Å². The fraction of sp³-hybridized carbons (Fsp3) is 0.667. The zero-order valence-corrected chi connectivity index (χ0v) is 14.9. The highest BCUT2D eigenvalue weighted by atomic mass is 35.5. The van der Waals surface area contributed by atoms with E-state index in [1.807, 2.05) is 11.0 Å². The summed E-state index contributed by atoms with van der Waals surface area (Å²) in [5, 5.41) is 0.605. The molecule has 2 saturated heterocycles. The molecule has 0 spiro atoms. The largest absolute Gasteiger partial charge is 0.353 e. The number of halogens is 1. The van der Waals surface area contributed by atoms with Gasteiger partial charge in [-0.2, -0.15) is 17.0 Å². The molecule has 3 heterocycles. The first-order chi connectivity index (χ1) is 11.0. The summed E-state index contributed by atoms with van der Waals surface area (Å²) in [6.45, 7) is 5.55. The molecule has 1 atom stereocenters. The Bertz CT molecular complexity index is 647. The maximum atomic E-state index is 12.8. The second kappa shape index (κ2) is 6.93. The molecule has 0 saturated carbocycles. The van der Waals surface area contributed by atoms with Gasteiger partial charge in [0, 0.05) is 45.5 Å². The molecule has 6 nitrogen and oxygen atoms in total. The maximum absolute atomic E-state index is 12.8. The van der Waals surface area contributed by atoms with Crippen LogP contribution in [-0.4, -0.2) is 61.3 Å². The van der Waals surface area contributed by atoms with Crippen LogP contribution in [0.1, 0.15) is 19.8 Å². The van der Waals surface area contributed by atoms with Crippen molar-refractivity contribution in [3.63, 3.8) is 0 Å². The lowest BCUT2D eigenvalue weighted by Gasteiger charge is -2.39. The van der Waals surface area contributed by atoms with E-state index in [1.165, 1.54) is 0 Å². The first kappa shape index (κ1) is 17.0. The Balaban J connectivity index is 1.65. The van der Waals surface area contributed by atoms with E-state index in [2.05, 4.69) is 11.9 Å². The highest BCUT2D eigenvalue weighted by Gasteiger charge is 2.34. The summed E-state index contributed by atoms with van der Waals surface area (Å²) >= 11 is 6.18. The third-order valence-corrected chi connectivity index (χ3v) is 6.85. The first-order valence-electron chi connectivity index (χ1n) is 8.09. The lowest BCUT2D eigenvalue weighted by atomic mass is 10.0. The van der Waals surface area contributed by atoms with Crippen molar-refractivity contribution in [2.45, 2.75) is 19.8 Å². The minimum atomic E-state index is -3.35. The van der Waals surface area contributed by atoms with E-state index in [0.29, 0.717) is 50.2 Å². The zero-order valence-electron chi connectivity index (χ0n) is 13.4. The molecule has 0 aliphatic carbocycles. The van der Waals surface area contributed by atoms with Crippen molar-refractivity contribution in [3.05, 3.63) is 23.4 Å². The van der Waals surface area contributed by atoms with Crippen LogP contribution in [-0.2, 0) is 10.2 Å². The SMILES string of the molecule is CC1CCCN(S(=O)(=O)N2CCN(c3ncccc3Cl)CC2)C1. The van der Waals surface area contributed by atoms with E-state index in [1.54, 1.807) is 20.9 Å². The summed E-state index contributed by atoms with van der Waals surface area (Å²) in [5.74, 6) is 1.17.